The van der Waals surface area contributed by atoms with Gasteiger partial charge in [-0.3, -0.25) is 9.59 Å². The molecule has 0 radical (unpaired) electrons. The molecule has 1 aromatic carbocycles. The summed E-state index contributed by atoms with van der Waals surface area (Å²) in [4.78, 5) is 28.7. The normalized spacial score (nSPS) is 22.3. The molecule has 1 unspecified atom stereocenters. The van der Waals surface area contributed by atoms with Gasteiger partial charge >= 0.3 is 0 Å². The summed E-state index contributed by atoms with van der Waals surface area (Å²) in [5, 5.41) is 3.31. The van der Waals surface area contributed by atoms with Gasteiger partial charge in [0.2, 0.25) is 11.8 Å². The number of anilines is 1. The van der Waals surface area contributed by atoms with Gasteiger partial charge in [0.05, 0.1) is 5.92 Å². The van der Waals surface area contributed by atoms with Crippen LogP contribution in [-0.2, 0) is 16.0 Å². The van der Waals surface area contributed by atoms with Crippen molar-refractivity contribution in [3.05, 3.63) is 29.8 Å². The molecule has 3 rings (SSSR count). The minimum atomic E-state index is -0.202. The molecule has 0 saturated carbocycles. The number of benzene rings is 1. The van der Waals surface area contributed by atoms with Crippen molar-refractivity contribution in [3.8, 4) is 0 Å². The summed E-state index contributed by atoms with van der Waals surface area (Å²) in [7, 11) is 0. The van der Waals surface area contributed by atoms with Crippen molar-refractivity contribution >= 4 is 17.5 Å². The smallest absolute Gasteiger partial charge is 0.228 e. The Balaban J connectivity index is 1.67. The Morgan fingerprint density at radius 2 is 2.00 bits per heavy atom. The zero-order valence-corrected chi connectivity index (χ0v) is 13.8. The number of carbonyl (C=O) groups excluding carboxylic acids is 2. The van der Waals surface area contributed by atoms with Crippen LogP contribution in [-0.4, -0.2) is 49.4 Å². The lowest BCUT2D eigenvalue weighted by Crippen LogP contribution is -2.39. The Labute approximate surface area is 137 Å². The van der Waals surface area contributed by atoms with E-state index < -0.39 is 0 Å². The molecule has 2 saturated heterocycles. The van der Waals surface area contributed by atoms with E-state index >= 15 is 0 Å². The lowest BCUT2D eigenvalue weighted by atomic mass is 10.1. The van der Waals surface area contributed by atoms with Crippen LogP contribution in [0, 0.1) is 5.92 Å². The summed E-state index contributed by atoms with van der Waals surface area (Å²) >= 11 is 0. The molecule has 124 valence electrons. The lowest BCUT2D eigenvalue weighted by molar-refractivity contribution is -0.135. The van der Waals surface area contributed by atoms with E-state index in [1.165, 1.54) is 5.56 Å². The highest BCUT2D eigenvalue weighted by Crippen LogP contribution is 2.26. The summed E-state index contributed by atoms with van der Waals surface area (Å²) in [5.74, 6) is -0.0123. The monoisotopic (exact) mass is 315 g/mol. The van der Waals surface area contributed by atoms with Crippen LogP contribution in [0.4, 0.5) is 5.69 Å². The maximum absolute atomic E-state index is 12.7. The van der Waals surface area contributed by atoms with E-state index in [9.17, 15) is 9.59 Å². The lowest BCUT2D eigenvalue weighted by Gasteiger charge is -2.23. The fourth-order valence-electron chi connectivity index (χ4n) is 3.36. The van der Waals surface area contributed by atoms with Crippen LogP contribution in [0.25, 0.3) is 0 Å². The second kappa shape index (κ2) is 7.13. The molecule has 2 aliphatic rings. The predicted octanol–water partition coefficient (Wildman–Crippen LogP) is 1.42. The van der Waals surface area contributed by atoms with Gasteiger partial charge in [-0.05, 0) is 37.1 Å². The summed E-state index contributed by atoms with van der Waals surface area (Å²) in [6.07, 6.45) is 2.30. The SMILES string of the molecule is CCc1ccc(N2CC(C(=O)N3CCCNCC3)CC2=O)cc1. The molecular weight excluding hydrogens is 290 g/mol. The molecule has 0 spiro atoms. The fourth-order valence-corrected chi connectivity index (χ4v) is 3.36. The van der Waals surface area contributed by atoms with Gasteiger partial charge in [-0.15, -0.1) is 0 Å². The number of carbonyl (C=O) groups is 2. The fraction of sp³-hybridized carbons (Fsp3) is 0.556. The van der Waals surface area contributed by atoms with Crippen molar-refractivity contribution in [2.75, 3.05) is 37.6 Å². The summed E-state index contributed by atoms with van der Waals surface area (Å²) in [6, 6.07) is 8.08. The number of rotatable bonds is 3. The Kier molecular flexibility index (Phi) is 4.96. The second-order valence-corrected chi connectivity index (χ2v) is 6.35. The highest BCUT2D eigenvalue weighted by atomic mass is 16.2. The predicted molar refractivity (Wildman–Crippen MR) is 90.3 cm³/mol. The number of amides is 2. The van der Waals surface area contributed by atoms with Gasteiger partial charge in [0.25, 0.3) is 0 Å². The van der Waals surface area contributed by atoms with Gasteiger partial charge in [-0.1, -0.05) is 19.1 Å². The average Bonchev–Trinajstić information content (AvgIpc) is 2.79. The molecule has 5 nitrogen and oxygen atoms in total. The third-order valence-corrected chi connectivity index (χ3v) is 4.78. The maximum atomic E-state index is 12.7. The van der Waals surface area contributed by atoms with Crippen LogP contribution >= 0.6 is 0 Å². The third kappa shape index (κ3) is 3.55. The minimum Gasteiger partial charge on any atom is -0.341 e. The standard InChI is InChI=1S/C18H25N3O2/c1-2-14-4-6-16(7-5-14)21-13-15(12-17(21)22)18(23)20-10-3-8-19-9-11-20/h4-7,15,19H,2-3,8-13H2,1H3. The Hall–Kier alpha value is -1.88. The molecule has 5 heteroatoms. The van der Waals surface area contributed by atoms with Crippen LogP contribution < -0.4 is 10.2 Å². The molecule has 2 aliphatic heterocycles. The van der Waals surface area contributed by atoms with E-state index in [1.807, 2.05) is 17.0 Å². The van der Waals surface area contributed by atoms with E-state index in [-0.39, 0.29) is 17.7 Å². The number of nitrogens with zero attached hydrogens (tertiary/aromatic N) is 2. The van der Waals surface area contributed by atoms with Crippen molar-refractivity contribution in [3.63, 3.8) is 0 Å². The van der Waals surface area contributed by atoms with Gasteiger partial charge in [0.15, 0.2) is 0 Å². The van der Waals surface area contributed by atoms with Crippen molar-refractivity contribution in [1.29, 1.82) is 0 Å². The van der Waals surface area contributed by atoms with Gasteiger partial charge in [0, 0.05) is 38.3 Å². The quantitative estimate of drug-likeness (QED) is 0.918. The number of aryl methyl sites for hydroxylation is 1. The van der Waals surface area contributed by atoms with Gasteiger partial charge in [-0.2, -0.15) is 0 Å². The Bertz CT molecular complexity index is 562. The van der Waals surface area contributed by atoms with Crippen molar-refractivity contribution < 1.29 is 9.59 Å². The van der Waals surface area contributed by atoms with Crippen LogP contribution in [0.1, 0.15) is 25.3 Å². The van der Waals surface area contributed by atoms with Crippen LogP contribution in [0.15, 0.2) is 24.3 Å². The molecule has 2 heterocycles. The van der Waals surface area contributed by atoms with E-state index in [1.54, 1.807) is 4.90 Å². The first-order valence-corrected chi connectivity index (χ1v) is 8.58. The molecule has 1 N–H and O–H groups in total. The summed E-state index contributed by atoms with van der Waals surface area (Å²) in [5.41, 5.74) is 2.16. The molecule has 23 heavy (non-hydrogen) atoms. The van der Waals surface area contributed by atoms with Gasteiger partial charge < -0.3 is 15.1 Å². The first-order chi connectivity index (χ1) is 11.2. The van der Waals surface area contributed by atoms with Crippen LogP contribution in [0.3, 0.4) is 0 Å². The second-order valence-electron chi connectivity index (χ2n) is 6.35. The summed E-state index contributed by atoms with van der Waals surface area (Å²) in [6.45, 7) is 5.96. The zero-order valence-electron chi connectivity index (χ0n) is 13.8. The molecule has 0 aliphatic carbocycles. The van der Waals surface area contributed by atoms with Crippen LogP contribution in [0.2, 0.25) is 0 Å². The highest BCUT2D eigenvalue weighted by Gasteiger charge is 2.37. The largest absolute Gasteiger partial charge is 0.341 e. The first-order valence-electron chi connectivity index (χ1n) is 8.58. The van der Waals surface area contributed by atoms with E-state index in [0.717, 1.165) is 44.7 Å². The molecular formula is C18H25N3O2. The van der Waals surface area contributed by atoms with Gasteiger partial charge in [-0.25, -0.2) is 0 Å². The topological polar surface area (TPSA) is 52.7 Å². The highest BCUT2D eigenvalue weighted by molar-refractivity contribution is 6.00. The summed E-state index contributed by atoms with van der Waals surface area (Å²) < 4.78 is 0. The molecule has 0 bridgehead atoms. The zero-order chi connectivity index (χ0) is 16.2. The molecule has 2 fully saturated rings. The van der Waals surface area contributed by atoms with E-state index in [2.05, 4.69) is 24.4 Å². The Morgan fingerprint density at radius 3 is 2.74 bits per heavy atom. The van der Waals surface area contributed by atoms with Crippen molar-refractivity contribution in [1.82, 2.24) is 10.2 Å². The van der Waals surface area contributed by atoms with Crippen LogP contribution in [0.5, 0.6) is 0 Å². The van der Waals surface area contributed by atoms with E-state index in [0.29, 0.717) is 13.0 Å². The Morgan fingerprint density at radius 1 is 1.22 bits per heavy atom. The maximum Gasteiger partial charge on any atom is 0.228 e. The first kappa shape index (κ1) is 16.0. The third-order valence-electron chi connectivity index (χ3n) is 4.78. The number of hydrogen-bond acceptors (Lipinski definition) is 3. The molecule has 0 aromatic heterocycles. The average molecular weight is 315 g/mol. The van der Waals surface area contributed by atoms with E-state index in [4.69, 9.17) is 0 Å². The van der Waals surface area contributed by atoms with Crippen molar-refractivity contribution in [2.24, 2.45) is 5.92 Å². The molecule has 1 atom stereocenters. The molecule has 2 amide bonds. The molecule has 1 aromatic rings. The minimum absolute atomic E-state index is 0.0561. The number of hydrogen-bond donors (Lipinski definition) is 1. The van der Waals surface area contributed by atoms with Gasteiger partial charge in [0.1, 0.15) is 0 Å². The number of nitrogens with one attached hydrogen (secondary N) is 1. The van der Waals surface area contributed by atoms with Crippen molar-refractivity contribution in [2.45, 2.75) is 26.2 Å².